The highest BCUT2D eigenvalue weighted by Crippen LogP contribution is 2.32. The van der Waals surface area contributed by atoms with Crippen LogP contribution in [0.15, 0.2) is 23.0 Å². The van der Waals surface area contributed by atoms with E-state index in [-0.39, 0.29) is 5.56 Å². The highest BCUT2D eigenvalue weighted by atomic mass is 16.1. The van der Waals surface area contributed by atoms with E-state index >= 15 is 0 Å². The summed E-state index contributed by atoms with van der Waals surface area (Å²) in [6, 6.07) is 5.43. The smallest absolute Gasteiger partial charge is 0.248 e. The lowest BCUT2D eigenvalue weighted by atomic mass is 10.0. The molecule has 1 aliphatic rings. The average Bonchev–Trinajstić information content (AvgIpc) is 2.56. The fourth-order valence-corrected chi connectivity index (χ4v) is 1.94. The average molecular weight is 163 g/mol. The summed E-state index contributed by atoms with van der Waals surface area (Å²) in [4.78, 5) is 13.9. The van der Waals surface area contributed by atoms with E-state index in [4.69, 9.17) is 0 Å². The third-order valence-corrected chi connectivity index (χ3v) is 2.59. The Bertz CT molecular complexity index is 310. The normalized spacial score (nSPS) is 18.3. The number of nitrogens with one attached hydrogen (secondary N) is 1. The molecule has 0 aliphatic heterocycles. The third kappa shape index (κ3) is 1.42. The first kappa shape index (κ1) is 7.59. The molecule has 1 fully saturated rings. The van der Waals surface area contributed by atoms with E-state index in [0.29, 0.717) is 5.92 Å². The van der Waals surface area contributed by atoms with Crippen LogP contribution in [0.1, 0.15) is 37.3 Å². The van der Waals surface area contributed by atoms with E-state index in [1.807, 2.05) is 12.1 Å². The molecule has 2 nitrogen and oxygen atoms in total. The molecule has 12 heavy (non-hydrogen) atoms. The van der Waals surface area contributed by atoms with Gasteiger partial charge < -0.3 is 4.98 Å². The van der Waals surface area contributed by atoms with Gasteiger partial charge in [-0.25, -0.2) is 0 Å². The van der Waals surface area contributed by atoms with Crippen LogP contribution in [0.25, 0.3) is 0 Å². The molecule has 1 aliphatic carbocycles. The Labute approximate surface area is 71.6 Å². The van der Waals surface area contributed by atoms with Crippen LogP contribution >= 0.6 is 0 Å². The van der Waals surface area contributed by atoms with Crippen LogP contribution in [-0.4, -0.2) is 4.98 Å². The lowest BCUT2D eigenvalue weighted by Gasteiger charge is -2.07. The van der Waals surface area contributed by atoms with E-state index in [1.54, 1.807) is 6.07 Å². The number of aromatic amines is 1. The summed E-state index contributed by atoms with van der Waals surface area (Å²) in [6.07, 6.45) is 5.09. The Hall–Kier alpha value is -1.05. The third-order valence-electron chi connectivity index (χ3n) is 2.59. The summed E-state index contributed by atoms with van der Waals surface area (Å²) < 4.78 is 0. The van der Waals surface area contributed by atoms with Gasteiger partial charge in [0.15, 0.2) is 0 Å². The fourth-order valence-electron chi connectivity index (χ4n) is 1.94. The molecule has 1 saturated carbocycles. The van der Waals surface area contributed by atoms with Gasteiger partial charge in [-0.1, -0.05) is 18.9 Å². The molecule has 0 aromatic carbocycles. The minimum absolute atomic E-state index is 0.0272. The van der Waals surface area contributed by atoms with Gasteiger partial charge in [-0.05, 0) is 24.8 Å². The molecule has 1 N–H and O–H groups in total. The van der Waals surface area contributed by atoms with Gasteiger partial charge in [-0.2, -0.15) is 0 Å². The van der Waals surface area contributed by atoms with E-state index < -0.39 is 0 Å². The van der Waals surface area contributed by atoms with Crippen molar-refractivity contribution in [2.24, 2.45) is 0 Å². The van der Waals surface area contributed by atoms with Gasteiger partial charge in [-0.15, -0.1) is 0 Å². The molecule has 0 unspecified atom stereocenters. The van der Waals surface area contributed by atoms with E-state index in [0.717, 1.165) is 5.69 Å². The Morgan fingerprint density at radius 3 is 2.67 bits per heavy atom. The van der Waals surface area contributed by atoms with Crippen molar-refractivity contribution in [1.29, 1.82) is 0 Å². The number of rotatable bonds is 1. The number of H-pyrrole nitrogens is 1. The van der Waals surface area contributed by atoms with Gasteiger partial charge in [0.1, 0.15) is 0 Å². The fraction of sp³-hybridized carbons (Fsp3) is 0.500. The maximum absolute atomic E-state index is 11.0. The summed E-state index contributed by atoms with van der Waals surface area (Å²) in [5.74, 6) is 0.610. The van der Waals surface area contributed by atoms with Crippen LogP contribution in [0.5, 0.6) is 0 Å². The topological polar surface area (TPSA) is 32.9 Å². The van der Waals surface area contributed by atoms with E-state index in [9.17, 15) is 4.79 Å². The minimum atomic E-state index is 0.0272. The lowest BCUT2D eigenvalue weighted by molar-refractivity contribution is 0.694. The van der Waals surface area contributed by atoms with Crippen LogP contribution in [-0.2, 0) is 0 Å². The first-order valence-corrected chi connectivity index (χ1v) is 4.55. The summed E-state index contributed by atoms with van der Waals surface area (Å²) in [6.45, 7) is 0. The lowest BCUT2D eigenvalue weighted by Crippen LogP contribution is -2.08. The summed E-state index contributed by atoms with van der Waals surface area (Å²) in [5, 5.41) is 0. The zero-order chi connectivity index (χ0) is 8.39. The molecule has 0 atom stereocenters. The second-order valence-electron chi connectivity index (χ2n) is 3.45. The van der Waals surface area contributed by atoms with Gasteiger partial charge in [0.05, 0.1) is 0 Å². The Kier molecular flexibility index (Phi) is 1.98. The maximum Gasteiger partial charge on any atom is 0.248 e. The van der Waals surface area contributed by atoms with Crippen molar-refractivity contribution in [3.63, 3.8) is 0 Å². The zero-order valence-electron chi connectivity index (χ0n) is 7.05. The number of aromatic nitrogens is 1. The largest absolute Gasteiger partial charge is 0.326 e. The summed E-state index contributed by atoms with van der Waals surface area (Å²) in [5.41, 5.74) is 1.15. The zero-order valence-corrected chi connectivity index (χ0v) is 7.05. The van der Waals surface area contributed by atoms with Crippen LogP contribution < -0.4 is 5.56 Å². The molecule has 64 valence electrons. The van der Waals surface area contributed by atoms with Crippen LogP contribution in [0, 0.1) is 0 Å². The number of pyridine rings is 1. The molecule has 1 aromatic heterocycles. The van der Waals surface area contributed by atoms with Crippen LogP contribution in [0.2, 0.25) is 0 Å². The SMILES string of the molecule is O=c1cccc(C2CCCC2)[nH]1. The van der Waals surface area contributed by atoms with Gasteiger partial charge in [0.25, 0.3) is 0 Å². The predicted octanol–water partition coefficient (Wildman–Crippen LogP) is 2.03. The number of hydrogen-bond acceptors (Lipinski definition) is 1. The molecule has 0 spiro atoms. The molecular formula is C10H13NO. The predicted molar refractivity (Wildman–Crippen MR) is 48.3 cm³/mol. The van der Waals surface area contributed by atoms with Gasteiger partial charge >= 0.3 is 0 Å². The van der Waals surface area contributed by atoms with Gasteiger partial charge in [0.2, 0.25) is 5.56 Å². The van der Waals surface area contributed by atoms with Gasteiger partial charge in [0, 0.05) is 11.8 Å². The molecule has 0 saturated heterocycles. The van der Waals surface area contributed by atoms with E-state index in [1.165, 1.54) is 25.7 Å². The molecule has 0 amide bonds. The van der Waals surface area contributed by atoms with Crippen LogP contribution in [0.3, 0.4) is 0 Å². The molecule has 2 heteroatoms. The minimum Gasteiger partial charge on any atom is -0.326 e. The van der Waals surface area contributed by atoms with Crippen molar-refractivity contribution in [3.8, 4) is 0 Å². The first-order chi connectivity index (χ1) is 5.86. The van der Waals surface area contributed by atoms with Crippen molar-refractivity contribution in [2.45, 2.75) is 31.6 Å². The van der Waals surface area contributed by atoms with Crippen LogP contribution in [0.4, 0.5) is 0 Å². The van der Waals surface area contributed by atoms with E-state index in [2.05, 4.69) is 4.98 Å². The Morgan fingerprint density at radius 1 is 1.25 bits per heavy atom. The van der Waals surface area contributed by atoms with Crippen molar-refractivity contribution in [3.05, 3.63) is 34.2 Å². The van der Waals surface area contributed by atoms with Gasteiger partial charge in [-0.3, -0.25) is 4.79 Å². The highest BCUT2D eigenvalue weighted by Gasteiger charge is 2.16. The quantitative estimate of drug-likeness (QED) is 0.675. The molecular weight excluding hydrogens is 150 g/mol. The molecule has 1 aromatic rings. The highest BCUT2D eigenvalue weighted by molar-refractivity contribution is 5.10. The van der Waals surface area contributed by atoms with Crippen molar-refractivity contribution < 1.29 is 0 Å². The monoisotopic (exact) mass is 163 g/mol. The Morgan fingerprint density at radius 2 is 2.00 bits per heavy atom. The molecule has 2 rings (SSSR count). The molecule has 1 heterocycles. The second-order valence-corrected chi connectivity index (χ2v) is 3.45. The Balaban J connectivity index is 2.27. The standard InChI is InChI=1S/C10H13NO/c12-10-7-3-6-9(11-10)8-4-1-2-5-8/h3,6-8H,1-2,4-5H2,(H,11,12). The summed E-state index contributed by atoms with van der Waals surface area (Å²) >= 11 is 0. The second kappa shape index (κ2) is 3.13. The summed E-state index contributed by atoms with van der Waals surface area (Å²) in [7, 11) is 0. The molecule has 0 bridgehead atoms. The number of hydrogen-bond donors (Lipinski definition) is 1. The van der Waals surface area contributed by atoms with Crippen molar-refractivity contribution in [2.75, 3.05) is 0 Å². The van der Waals surface area contributed by atoms with Crippen molar-refractivity contribution >= 4 is 0 Å². The van der Waals surface area contributed by atoms with Crippen molar-refractivity contribution in [1.82, 2.24) is 4.98 Å². The maximum atomic E-state index is 11.0. The first-order valence-electron chi connectivity index (χ1n) is 4.55. The molecule has 0 radical (unpaired) electrons.